The maximum Gasteiger partial charge on any atom is 0.164 e. The van der Waals surface area contributed by atoms with Gasteiger partial charge in [-0.25, -0.2) is 4.98 Å². The topological polar surface area (TPSA) is 61.7 Å². The van der Waals surface area contributed by atoms with Crippen LogP contribution in [0.15, 0.2) is 18.6 Å². The van der Waals surface area contributed by atoms with Gasteiger partial charge < -0.3 is 10.3 Å². The molecule has 5 nitrogen and oxygen atoms in total. The molecule has 0 aliphatic carbocycles. The molecular weight excluding hydrogens is 214 g/mol. The van der Waals surface area contributed by atoms with Gasteiger partial charge in [0.05, 0.1) is 6.54 Å². The number of rotatable bonds is 3. The average molecular weight is 226 g/mol. The number of nitrogens with zero attached hydrogens (tertiary/aromatic N) is 4. The van der Waals surface area contributed by atoms with Crippen molar-refractivity contribution in [3.05, 3.63) is 29.4 Å². The molecule has 0 saturated heterocycles. The predicted molar refractivity (Wildman–Crippen MR) is 58.7 cm³/mol. The first-order valence-electron chi connectivity index (χ1n) is 4.69. The molecule has 2 aromatic rings. The molecular formula is C9H12ClN5. The van der Waals surface area contributed by atoms with E-state index < -0.39 is 0 Å². The van der Waals surface area contributed by atoms with E-state index in [1.165, 1.54) is 0 Å². The number of aryl methyl sites for hydroxylation is 1. The maximum atomic E-state index is 5.81. The molecule has 0 unspecified atom stereocenters. The van der Waals surface area contributed by atoms with Crippen LogP contribution in [0.2, 0.25) is 5.02 Å². The Morgan fingerprint density at radius 1 is 1.53 bits per heavy atom. The van der Waals surface area contributed by atoms with Crippen molar-refractivity contribution in [3.63, 3.8) is 0 Å². The number of hydrogen-bond acceptors (Lipinski definition) is 3. The smallest absolute Gasteiger partial charge is 0.164 e. The van der Waals surface area contributed by atoms with Gasteiger partial charge in [0.1, 0.15) is 10.8 Å². The molecule has 15 heavy (non-hydrogen) atoms. The quantitative estimate of drug-likeness (QED) is 0.859. The molecule has 2 rings (SSSR count). The summed E-state index contributed by atoms with van der Waals surface area (Å²) in [6.07, 6.45) is 5.41. The lowest BCUT2D eigenvalue weighted by molar-refractivity contribution is 0.608. The minimum absolute atomic E-state index is 0.353. The van der Waals surface area contributed by atoms with Crippen LogP contribution in [0.4, 0.5) is 5.82 Å². The van der Waals surface area contributed by atoms with E-state index in [9.17, 15) is 0 Å². The Balaban J connectivity index is 2.21. The molecule has 0 aliphatic rings. The van der Waals surface area contributed by atoms with E-state index in [1.54, 1.807) is 17.1 Å². The van der Waals surface area contributed by atoms with Crippen LogP contribution in [0, 0.1) is 0 Å². The lowest BCUT2D eigenvalue weighted by Crippen LogP contribution is -2.08. The van der Waals surface area contributed by atoms with E-state index in [0.717, 1.165) is 12.4 Å². The molecule has 0 radical (unpaired) electrons. The Bertz CT molecular complexity index is 439. The van der Waals surface area contributed by atoms with E-state index in [0.29, 0.717) is 17.4 Å². The van der Waals surface area contributed by atoms with Gasteiger partial charge in [-0.05, 0) is 6.92 Å². The molecule has 0 spiro atoms. The summed E-state index contributed by atoms with van der Waals surface area (Å²) >= 11 is 5.81. The van der Waals surface area contributed by atoms with Gasteiger partial charge in [0.2, 0.25) is 0 Å². The van der Waals surface area contributed by atoms with Crippen molar-refractivity contribution < 1.29 is 0 Å². The van der Waals surface area contributed by atoms with Gasteiger partial charge in [-0.15, -0.1) is 0 Å². The average Bonchev–Trinajstić information content (AvgIpc) is 2.75. The third-order valence-electron chi connectivity index (χ3n) is 2.19. The zero-order valence-corrected chi connectivity index (χ0v) is 9.15. The number of halogens is 1. The molecule has 0 fully saturated rings. The first kappa shape index (κ1) is 10.0. The van der Waals surface area contributed by atoms with Crippen LogP contribution < -0.4 is 5.73 Å². The highest BCUT2D eigenvalue weighted by Gasteiger charge is 2.06. The van der Waals surface area contributed by atoms with Crippen LogP contribution in [-0.4, -0.2) is 19.3 Å². The fraction of sp³-hybridized carbons (Fsp3) is 0.333. The van der Waals surface area contributed by atoms with Crippen LogP contribution in [0.1, 0.15) is 12.7 Å². The van der Waals surface area contributed by atoms with E-state index >= 15 is 0 Å². The van der Waals surface area contributed by atoms with Crippen molar-refractivity contribution in [2.75, 3.05) is 5.73 Å². The molecule has 2 aromatic heterocycles. The minimum Gasteiger partial charge on any atom is -0.381 e. The highest BCUT2D eigenvalue weighted by molar-refractivity contribution is 6.32. The second-order valence-electron chi connectivity index (χ2n) is 3.19. The van der Waals surface area contributed by atoms with Crippen molar-refractivity contribution in [2.45, 2.75) is 20.0 Å². The molecule has 0 saturated carbocycles. The number of nitrogens with two attached hydrogens (primary N) is 1. The number of hydrogen-bond donors (Lipinski definition) is 1. The third kappa shape index (κ3) is 1.97. The van der Waals surface area contributed by atoms with Crippen molar-refractivity contribution >= 4 is 17.4 Å². The van der Waals surface area contributed by atoms with Crippen LogP contribution in [0.5, 0.6) is 0 Å². The van der Waals surface area contributed by atoms with E-state index in [1.807, 2.05) is 10.8 Å². The van der Waals surface area contributed by atoms with Gasteiger partial charge in [-0.3, -0.25) is 4.68 Å². The van der Waals surface area contributed by atoms with Gasteiger partial charge in [0.15, 0.2) is 5.82 Å². The Morgan fingerprint density at radius 3 is 2.93 bits per heavy atom. The first-order valence-corrected chi connectivity index (χ1v) is 5.07. The van der Waals surface area contributed by atoms with Crippen molar-refractivity contribution in [1.82, 2.24) is 19.3 Å². The zero-order valence-electron chi connectivity index (χ0n) is 8.39. The van der Waals surface area contributed by atoms with Gasteiger partial charge >= 0.3 is 0 Å². The SMILES string of the molecule is CCn1ccnc1Cn1cc(Cl)c(N)n1. The molecule has 80 valence electrons. The van der Waals surface area contributed by atoms with Crippen molar-refractivity contribution in [1.29, 1.82) is 0 Å². The molecule has 0 bridgehead atoms. The Hall–Kier alpha value is -1.49. The van der Waals surface area contributed by atoms with E-state index in [2.05, 4.69) is 17.0 Å². The summed E-state index contributed by atoms with van der Waals surface area (Å²) < 4.78 is 3.73. The molecule has 2 N–H and O–H groups in total. The van der Waals surface area contributed by atoms with Crippen LogP contribution in [-0.2, 0) is 13.1 Å². The normalized spacial score (nSPS) is 10.8. The Labute approximate surface area is 92.5 Å². The van der Waals surface area contributed by atoms with E-state index in [4.69, 9.17) is 17.3 Å². The molecule has 0 atom stereocenters. The summed E-state index contributed by atoms with van der Waals surface area (Å²) in [6.45, 7) is 3.53. The number of aromatic nitrogens is 4. The summed E-state index contributed by atoms with van der Waals surface area (Å²) in [5.41, 5.74) is 5.55. The molecule has 0 aromatic carbocycles. The highest BCUT2D eigenvalue weighted by Crippen LogP contribution is 2.15. The summed E-state index contributed by atoms with van der Waals surface area (Å²) in [5.74, 6) is 1.29. The number of nitrogen functional groups attached to an aromatic ring is 1. The predicted octanol–water partition coefficient (Wildman–Crippen LogP) is 1.38. The number of imidazole rings is 1. The minimum atomic E-state index is 0.353. The number of anilines is 1. The molecule has 6 heteroatoms. The maximum absolute atomic E-state index is 5.81. The molecule has 0 amide bonds. The van der Waals surface area contributed by atoms with Gasteiger partial charge in [0, 0.05) is 25.1 Å². The zero-order chi connectivity index (χ0) is 10.8. The third-order valence-corrected chi connectivity index (χ3v) is 2.48. The second kappa shape index (κ2) is 3.94. The van der Waals surface area contributed by atoms with Crippen molar-refractivity contribution in [2.24, 2.45) is 0 Å². The van der Waals surface area contributed by atoms with Gasteiger partial charge in [0.25, 0.3) is 0 Å². The first-order chi connectivity index (χ1) is 7.20. The summed E-state index contributed by atoms with van der Waals surface area (Å²) in [5, 5.41) is 4.55. The molecule has 2 heterocycles. The monoisotopic (exact) mass is 225 g/mol. The standard InChI is InChI=1S/C9H12ClN5/c1-2-14-4-3-12-8(14)6-15-5-7(10)9(11)13-15/h3-5H,2,6H2,1H3,(H2,11,13). The molecule has 0 aliphatic heterocycles. The summed E-state index contributed by atoms with van der Waals surface area (Å²) in [6, 6.07) is 0. The van der Waals surface area contributed by atoms with Crippen LogP contribution in [0.3, 0.4) is 0 Å². The van der Waals surface area contributed by atoms with Crippen LogP contribution in [0.25, 0.3) is 0 Å². The summed E-state index contributed by atoms with van der Waals surface area (Å²) in [7, 11) is 0. The van der Waals surface area contributed by atoms with E-state index in [-0.39, 0.29) is 0 Å². The van der Waals surface area contributed by atoms with Gasteiger partial charge in [-0.2, -0.15) is 5.10 Å². The summed E-state index contributed by atoms with van der Waals surface area (Å²) in [4.78, 5) is 4.24. The second-order valence-corrected chi connectivity index (χ2v) is 3.60. The fourth-order valence-electron chi connectivity index (χ4n) is 1.42. The van der Waals surface area contributed by atoms with Crippen molar-refractivity contribution in [3.8, 4) is 0 Å². The fourth-order valence-corrected chi connectivity index (χ4v) is 1.57. The van der Waals surface area contributed by atoms with Gasteiger partial charge in [-0.1, -0.05) is 11.6 Å². The lowest BCUT2D eigenvalue weighted by atomic mass is 10.5. The Morgan fingerprint density at radius 2 is 2.33 bits per heavy atom. The largest absolute Gasteiger partial charge is 0.381 e. The lowest BCUT2D eigenvalue weighted by Gasteiger charge is -2.04. The van der Waals surface area contributed by atoms with Crippen LogP contribution >= 0.6 is 11.6 Å². The Kier molecular flexibility index (Phi) is 2.64. The highest BCUT2D eigenvalue weighted by atomic mass is 35.5.